The first-order valence-corrected chi connectivity index (χ1v) is 6.36. The zero-order valence-electron chi connectivity index (χ0n) is 9.00. The van der Waals surface area contributed by atoms with E-state index in [9.17, 15) is 13.5 Å². The molecule has 4 nitrogen and oxygen atoms in total. The lowest BCUT2D eigenvalue weighted by atomic mass is 9.81. The molecule has 0 spiro atoms. The van der Waals surface area contributed by atoms with E-state index in [4.69, 9.17) is 0 Å². The molecule has 5 heteroatoms. The second-order valence-electron chi connectivity index (χ2n) is 5.01. The van der Waals surface area contributed by atoms with Crippen LogP contribution in [-0.4, -0.2) is 30.4 Å². The highest BCUT2D eigenvalue weighted by atomic mass is 32.2. The third-order valence-electron chi connectivity index (χ3n) is 2.68. The van der Waals surface area contributed by atoms with Gasteiger partial charge in [0.15, 0.2) is 0 Å². The van der Waals surface area contributed by atoms with Crippen molar-refractivity contribution in [1.29, 1.82) is 0 Å². The molecular weight excluding hydrogens is 202 g/mol. The quantitative estimate of drug-likeness (QED) is 0.734. The summed E-state index contributed by atoms with van der Waals surface area (Å²) >= 11 is 0. The summed E-state index contributed by atoms with van der Waals surface area (Å²) in [6, 6.07) is 0. The van der Waals surface area contributed by atoms with Crippen molar-refractivity contribution < 1.29 is 13.5 Å². The van der Waals surface area contributed by atoms with Crippen molar-refractivity contribution in [1.82, 2.24) is 4.72 Å². The lowest BCUT2D eigenvalue weighted by Gasteiger charge is -2.37. The van der Waals surface area contributed by atoms with E-state index in [2.05, 4.69) is 4.72 Å². The van der Waals surface area contributed by atoms with Gasteiger partial charge in [-0.15, -0.1) is 0 Å². The van der Waals surface area contributed by atoms with Crippen molar-refractivity contribution in [3.63, 3.8) is 0 Å². The van der Waals surface area contributed by atoms with Gasteiger partial charge < -0.3 is 5.11 Å². The largest absolute Gasteiger partial charge is 0.389 e. The van der Waals surface area contributed by atoms with E-state index in [-0.39, 0.29) is 6.54 Å². The highest BCUT2D eigenvalue weighted by Crippen LogP contribution is 2.31. The molecule has 0 radical (unpaired) electrons. The van der Waals surface area contributed by atoms with Crippen LogP contribution in [0.15, 0.2) is 0 Å². The van der Waals surface area contributed by atoms with Crippen LogP contribution in [0, 0.1) is 0 Å². The second kappa shape index (κ2) is 3.47. The Morgan fingerprint density at radius 2 is 1.86 bits per heavy atom. The molecule has 1 fully saturated rings. The first-order valence-electron chi connectivity index (χ1n) is 4.88. The minimum Gasteiger partial charge on any atom is -0.389 e. The molecule has 0 heterocycles. The van der Waals surface area contributed by atoms with Crippen molar-refractivity contribution in [3.05, 3.63) is 0 Å². The minimum absolute atomic E-state index is 0.145. The van der Waals surface area contributed by atoms with Gasteiger partial charge in [-0.1, -0.05) is 0 Å². The Bertz CT molecular complexity index is 299. The van der Waals surface area contributed by atoms with Gasteiger partial charge in [0.25, 0.3) is 0 Å². The summed E-state index contributed by atoms with van der Waals surface area (Å²) in [7, 11) is -3.32. The van der Waals surface area contributed by atoms with Gasteiger partial charge in [0.2, 0.25) is 10.0 Å². The number of hydrogen-bond acceptors (Lipinski definition) is 3. The molecule has 1 rings (SSSR count). The number of nitrogens with one attached hydrogen (secondary N) is 1. The Morgan fingerprint density at radius 3 is 2.14 bits per heavy atom. The SMILES string of the molecule is CC(C)(C)S(=O)(=O)NCC1(O)CCC1. The number of aliphatic hydroxyl groups is 1. The molecule has 0 unspecified atom stereocenters. The Labute approximate surface area is 85.8 Å². The molecule has 1 aliphatic rings. The summed E-state index contributed by atoms with van der Waals surface area (Å²) in [6.07, 6.45) is 2.37. The van der Waals surface area contributed by atoms with Crippen molar-refractivity contribution in [3.8, 4) is 0 Å². The molecule has 0 atom stereocenters. The van der Waals surface area contributed by atoms with E-state index in [1.807, 2.05) is 0 Å². The smallest absolute Gasteiger partial charge is 0.216 e. The summed E-state index contributed by atoms with van der Waals surface area (Å²) in [4.78, 5) is 0. The highest BCUT2D eigenvalue weighted by Gasteiger charge is 2.37. The third-order valence-corrected chi connectivity index (χ3v) is 4.82. The van der Waals surface area contributed by atoms with E-state index < -0.39 is 20.4 Å². The van der Waals surface area contributed by atoms with Crippen LogP contribution >= 0.6 is 0 Å². The van der Waals surface area contributed by atoms with Gasteiger partial charge in [-0.05, 0) is 40.0 Å². The number of hydrogen-bond donors (Lipinski definition) is 2. The van der Waals surface area contributed by atoms with Crippen LogP contribution in [0.4, 0.5) is 0 Å². The summed E-state index contributed by atoms with van der Waals surface area (Å²) in [5.74, 6) is 0. The predicted molar refractivity (Wildman–Crippen MR) is 55.5 cm³/mol. The molecular formula is C9H19NO3S. The summed E-state index contributed by atoms with van der Waals surface area (Å²) in [5.41, 5.74) is -0.793. The van der Waals surface area contributed by atoms with E-state index in [1.165, 1.54) is 0 Å². The van der Waals surface area contributed by atoms with Crippen molar-refractivity contribution in [2.45, 2.75) is 50.4 Å². The maximum Gasteiger partial charge on any atom is 0.216 e. The average molecular weight is 221 g/mol. The summed E-state index contributed by atoms with van der Waals surface area (Å²) in [6.45, 7) is 5.06. The van der Waals surface area contributed by atoms with E-state index in [0.29, 0.717) is 12.8 Å². The van der Waals surface area contributed by atoms with Crippen LogP contribution in [0.5, 0.6) is 0 Å². The van der Waals surface area contributed by atoms with Gasteiger partial charge >= 0.3 is 0 Å². The standard InChI is InChI=1S/C9H19NO3S/c1-8(2,3)14(12,13)10-7-9(11)5-4-6-9/h10-11H,4-7H2,1-3H3. The van der Waals surface area contributed by atoms with Gasteiger partial charge in [-0.25, -0.2) is 13.1 Å². The fourth-order valence-corrected chi connectivity index (χ4v) is 2.10. The van der Waals surface area contributed by atoms with Crippen molar-refractivity contribution in [2.24, 2.45) is 0 Å². The van der Waals surface area contributed by atoms with Crippen LogP contribution in [0.1, 0.15) is 40.0 Å². The minimum atomic E-state index is -3.32. The topological polar surface area (TPSA) is 66.4 Å². The summed E-state index contributed by atoms with van der Waals surface area (Å²) < 4.78 is 24.9. The molecule has 0 saturated heterocycles. The van der Waals surface area contributed by atoms with Crippen LogP contribution in [0.25, 0.3) is 0 Å². The second-order valence-corrected chi connectivity index (χ2v) is 7.54. The monoisotopic (exact) mass is 221 g/mol. The lowest BCUT2D eigenvalue weighted by Crippen LogP contribution is -2.51. The van der Waals surface area contributed by atoms with E-state index in [0.717, 1.165) is 6.42 Å². The molecule has 84 valence electrons. The maximum absolute atomic E-state index is 11.6. The lowest BCUT2D eigenvalue weighted by molar-refractivity contribution is -0.0271. The zero-order valence-corrected chi connectivity index (χ0v) is 9.82. The van der Waals surface area contributed by atoms with Gasteiger partial charge in [-0.3, -0.25) is 0 Å². The van der Waals surface area contributed by atoms with Gasteiger partial charge in [0.1, 0.15) is 0 Å². The summed E-state index contributed by atoms with van der Waals surface area (Å²) in [5, 5.41) is 9.71. The number of sulfonamides is 1. The molecule has 0 aromatic carbocycles. The van der Waals surface area contributed by atoms with Crippen molar-refractivity contribution in [2.75, 3.05) is 6.54 Å². The molecule has 1 aliphatic carbocycles. The molecule has 0 aromatic heterocycles. The fraction of sp³-hybridized carbons (Fsp3) is 1.00. The normalized spacial score (nSPS) is 21.7. The van der Waals surface area contributed by atoms with Crippen LogP contribution < -0.4 is 4.72 Å². The average Bonchev–Trinajstić information content (AvgIpc) is 1.95. The number of rotatable bonds is 3. The molecule has 2 N–H and O–H groups in total. The molecule has 0 amide bonds. The van der Waals surface area contributed by atoms with Crippen LogP contribution in [0.2, 0.25) is 0 Å². The van der Waals surface area contributed by atoms with Gasteiger partial charge in [0.05, 0.1) is 10.3 Å². The third kappa shape index (κ3) is 2.46. The zero-order chi connectivity index (χ0) is 11.0. The maximum atomic E-state index is 11.6. The Balaban J connectivity index is 2.53. The fourth-order valence-electron chi connectivity index (χ4n) is 1.21. The molecule has 1 saturated carbocycles. The Hall–Kier alpha value is -0.130. The van der Waals surface area contributed by atoms with E-state index >= 15 is 0 Å². The molecule has 14 heavy (non-hydrogen) atoms. The molecule has 0 aliphatic heterocycles. The van der Waals surface area contributed by atoms with Crippen LogP contribution in [-0.2, 0) is 10.0 Å². The van der Waals surface area contributed by atoms with Gasteiger partial charge in [-0.2, -0.15) is 0 Å². The van der Waals surface area contributed by atoms with Crippen LogP contribution in [0.3, 0.4) is 0 Å². The Morgan fingerprint density at radius 1 is 1.36 bits per heavy atom. The van der Waals surface area contributed by atoms with E-state index in [1.54, 1.807) is 20.8 Å². The first-order chi connectivity index (χ1) is 6.16. The van der Waals surface area contributed by atoms with Crippen molar-refractivity contribution >= 4 is 10.0 Å². The first kappa shape index (κ1) is 11.9. The highest BCUT2D eigenvalue weighted by molar-refractivity contribution is 7.90. The molecule has 0 aromatic rings. The van der Waals surface area contributed by atoms with Gasteiger partial charge in [0, 0.05) is 6.54 Å². The predicted octanol–water partition coefficient (Wildman–Crippen LogP) is 0.619. The molecule has 0 bridgehead atoms. The Kier molecular flexibility index (Phi) is 2.96.